The van der Waals surface area contributed by atoms with Crippen molar-refractivity contribution in [2.45, 2.75) is 19.8 Å². The summed E-state index contributed by atoms with van der Waals surface area (Å²) in [6.45, 7) is 2.71. The number of unbranched alkanes of at least 4 members (excludes halogenated alkanes) is 1. The standard InChI is InChI=1S/C21H23NO5/c1-4-5-12-22-18(24)11-8-14-6-9-15(10-7-14)19-20(25)17(26-2)13-16(23)21(19)27-3/h6-11,13H,4-5,12H2,1-3H3,(H,22,24)/b11-8+. The predicted octanol–water partition coefficient (Wildman–Crippen LogP) is 2.66. The number of carbonyl (C=O) groups excluding carboxylic acids is 3. The fraction of sp³-hybridized carbons (Fsp3) is 0.286. The van der Waals surface area contributed by atoms with Crippen LogP contribution >= 0.6 is 0 Å². The Hall–Kier alpha value is -3.15. The number of carbonyl (C=O) groups is 3. The maximum absolute atomic E-state index is 12.5. The lowest BCUT2D eigenvalue weighted by Gasteiger charge is -2.17. The van der Waals surface area contributed by atoms with E-state index >= 15 is 0 Å². The van der Waals surface area contributed by atoms with Crippen LogP contribution in [-0.2, 0) is 23.9 Å². The van der Waals surface area contributed by atoms with Crippen molar-refractivity contribution in [1.29, 1.82) is 0 Å². The lowest BCUT2D eigenvalue weighted by Crippen LogP contribution is -2.21. The third kappa shape index (κ3) is 4.94. The highest BCUT2D eigenvalue weighted by Crippen LogP contribution is 2.29. The van der Waals surface area contributed by atoms with Crippen molar-refractivity contribution in [2.24, 2.45) is 0 Å². The Balaban J connectivity index is 2.19. The van der Waals surface area contributed by atoms with Gasteiger partial charge in [-0.3, -0.25) is 14.4 Å². The number of hydrogen-bond acceptors (Lipinski definition) is 5. The topological polar surface area (TPSA) is 81.7 Å². The van der Waals surface area contributed by atoms with E-state index in [1.165, 1.54) is 20.3 Å². The smallest absolute Gasteiger partial charge is 0.243 e. The molecule has 0 heterocycles. The zero-order chi connectivity index (χ0) is 19.8. The van der Waals surface area contributed by atoms with Gasteiger partial charge in [-0.25, -0.2) is 0 Å². The van der Waals surface area contributed by atoms with Crippen LogP contribution in [-0.4, -0.2) is 38.2 Å². The normalized spacial score (nSPS) is 14.4. The Bertz CT molecular complexity index is 815. The number of benzene rings is 1. The van der Waals surface area contributed by atoms with Crippen molar-refractivity contribution in [1.82, 2.24) is 5.32 Å². The summed E-state index contributed by atoms with van der Waals surface area (Å²) in [5, 5.41) is 2.80. The molecular formula is C21H23NO5. The number of ketones is 2. The number of allylic oxidation sites excluding steroid dienone is 2. The first kappa shape index (κ1) is 20.2. The maximum Gasteiger partial charge on any atom is 0.243 e. The first-order valence-electron chi connectivity index (χ1n) is 8.71. The number of methoxy groups -OCH3 is 2. The number of Topliss-reactive ketones (excluding diaryl/α,β-unsaturated/α-hetero) is 1. The monoisotopic (exact) mass is 369 g/mol. The Morgan fingerprint density at radius 2 is 1.81 bits per heavy atom. The summed E-state index contributed by atoms with van der Waals surface area (Å²) in [4.78, 5) is 36.4. The summed E-state index contributed by atoms with van der Waals surface area (Å²) < 4.78 is 10.1. The van der Waals surface area contributed by atoms with Crippen molar-refractivity contribution >= 4 is 29.1 Å². The summed E-state index contributed by atoms with van der Waals surface area (Å²) in [5.74, 6) is -1.02. The average Bonchev–Trinajstić information content (AvgIpc) is 2.68. The third-order valence-corrected chi connectivity index (χ3v) is 4.04. The van der Waals surface area contributed by atoms with Gasteiger partial charge in [-0.05, 0) is 23.6 Å². The zero-order valence-corrected chi connectivity index (χ0v) is 15.7. The van der Waals surface area contributed by atoms with Gasteiger partial charge in [0.1, 0.15) is 0 Å². The van der Waals surface area contributed by atoms with E-state index in [0.29, 0.717) is 12.1 Å². The molecule has 6 nitrogen and oxygen atoms in total. The van der Waals surface area contributed by atoms with E-state index in [0.717, 1.165) is 24.5 Å². The van der Waals surface area contributed by atoms with Crippen LogP contribution in [0, 0.1) is 0 Å². The van der Waals surface area contributed by atoms with Gasteiger partial charge in [-0.15, -0.1) is 0 Å². The molecule has 1 aromatic carbocycles. The molecule has 0 unspecified atom stereocenters. The van der Waals surface area contributed by atoms with E-state index in [4.69, 9.17) is 9.47 Å². The molecule has 0 spiro atoms. The molecule has 1 N–H and O–H groups in total. The summed E-state index contributed by atoms with van der Waals surface area (Å²) in [6, 6.07) is 6.92. The minimum Gasteiger partial charge on any atom is -0.492 e. The van der Waals surface area contributed by atoms with Gasteiger partial charge < -0.3 is 14.8 Å². The Morgan fingerprint density at radius 3 is 2.41 bits per heavy atom. The molecule has 27 heavy (non-hydrogen) atoms. The largest absolute Gasteiger partial charge is 0.492 e. The van der Waals surface area contributed by atoms with Crippen LogP contribution < -0.4 is 5.32 Å². The number of hydrogen-bond donors (Lipinski definition) is 1. The molecule has 0 atom stereocenters. The second-order valence-electron chi connectivity index (χ2n) is 5.91. The van der Waals surface area contributed by atoms with Gasteiger partial charge in [0.25, 0.3) is 0 Å². The molecule has 1 aliphatic carbocycles. The van der Waals surface area contributed by atoms with E-state index in [1.807, 2.05) is 0 Å². The van der Waals surface area contributed by atoms with Gasteiger partial charge in [-0.1, -0.05) is 37.6 Å². The number of rotatable bonds is 8. The van der Waals surface area contributed by atoms with Crippen molar-refractivity contribution < 1.29 is 23.9 Å². The van der Waals surface area contributed by atoms with Crippen LogP contribution in [0.15, 0.2) is 47.9 Å². The van der Waals surface area contributed by atoms with Crippen LogP contribution in [0.1, 0.15) is 30.9 Å². The van der Waals surface area contributed by atoms with E-state index in [9.17, 15) is 14.4 Å². The molecule has 0 aliphatic heterocycles. The minimum absolute atomic E-state index is 0.0144. The molecule has 0 bridgehead atoms. The molecule has 0 aromatic heterocycles. The summed E-state index contributed by atoms with van der Waals surface area (Å²) in [7, 11) is 2.69. The number of amides is 1. The van der Waals surface area contributed by atoms with Gasteiger partial charge in [0.2, 0.25) is 17.5 Å². The van der Waals surface area contributed by atoms with Gasteiger partial charge in [-0.2, -0.15) is 0 Å². The summed E-state index contributed by atoms with van der Waals surface area (Å²) in [6.07, 6.45) is 6.23. The van der Waals surface area contributed by atoms with E-state index < -0.39 is 11.6 Å². The van der Waals surface area contributed by atoms with Crippen LogP contribution in [0.4, 0.5) is 0 Å². The molecule has 1 aromatic rings. The third-order valence-electron chi connectivity index (χ3n) is 4.04. The Labute approximate surface area is 158 Å². The molecule has 0 radical (unpaired) electrons. The summed E-state index contributed by atoms with van der Waals surface area (Å²) >= 11 is 0. The Morgan fingerprint density at radius 1 is 1.11 bits per heavy atom. The average molecular weight is 369 g/mol. The van der Waals surface area contributed by atoms with Crippen molar-refractivity contribution in [3.63, 3.8) is 0 Å². The zero-order valence-electron chi connectivity index (χ0n) is 15.7. The second-order valence-corrected chi connectivity index (χ2v) is 5.91. The van der Waals surface area contributed by atoms with Gasteiger partial charge in [0, 0.05) is 18.7 Å². The van der Waals surface area contributed by atoms with Crippen LogP contribution in [0.25, 0.3) is 11.6 Å². The molecule has 1 aliphatic rings. The van der Waals surface area contributed by atoms with E-state index in [1.54, 1.807) is 30.3 Å². The molecular weight excluding hydrogens is 346 g/mol. The van der Waals surface area contributed by atoms with Crippen molar-refractivity contribution in [3.05, 3.63) is 59.1 Å². The molecule has 6 heteroatoms. The molecule has 142 valence electrons. The molecule has 0 fully saturated rings. The van der Waals surface area contributed by atoms with Crippen molar-refractivity contribution in [3.8, 4) is 0 Å². The van der Waals surface area contributed by atoms with Crippen LogP contribution in [0.5, 0.6) is 0 Å². The molecule has 2 rings (SSSR count). The number of ether oxygens (including phenoxy) is 2. The first-order valence-corrected chi connectivity index (χ1v) is 8.71. The fourth-order valence-corrected chi connectivity index (χ4v) is 2.60. The molecule has 1 amide bonds. The van der Waals surface area contributed by atoms with Gasteiger partial charge in [0.05, 0.1) is 19.8 Å². The van der Waals surface area contributed by atoms with Crippen molar-refractivity contribution in [2.75, 3.05) is 20.8 Å². The van der Waals surface area contributed by atoms with Crippen LogP contribution in [0.3, 0.4) is 0 Å². The highest BCUT2D eigenvalue weighted by molar-refractivity contribution is 6.36. The first-order chi connectivity index (χ1) is 13.0. The summed E-state index contributed by atoms with van der Waals surface area (Å²) in [5.41, 5.74) is 1.49. The van der Waals surface area contributed by atoms with Gasteiger partial charge >= 0.3 is 0 Å². The minimum atomic E-state index is -0.420. The highest BCUT2D eigenvalue weighted by Gasteiger charge is 2.31. The van der Waals surface area contributed by atoms with Gasteiger partial charge in [0.15, 0.2) is 11.5 Å². The molecule has 0 saturated carbocycles. The SMILES string of the molecule is CCCCNC(=O)/C=C/c1ccc(C2=C(OC)C(=O)C=C(OC)C2=O)cc1. The fourth-order valence-electron chi connectivity index (χ4n) is 2.60. The van der Waals surface area contributed by atoms with Crippen LogP contribution in [0.2, 0.25) is 0 Å². The number of nitrogens with one attached hydrogen (secondary N) is 1. The lowest BCUT2D eigenvalue weighted by molar-refractivity contribution is -0.118. The highest BCUT2D eigenvalue weighted by atomic mass is 16.5. The molecule has 0 saturated heterocycles. The predicted molar refractivity (Wildman–Crippen MR) is 102 cm³/mol. The Kier molecular flexibility index (Phi) is 7.11. The quantitative estimate of drug-likeness (QED) is 0.433. The maximum atomic E-state index is 12.5. The van der Waals surface area contributed by atoms with E-state index in [2.05, 4.69) is 12.2 Å². The van der Waals surface area contributed by atoms with E-state index in [-0.39, 0.29) is 23.0 Å². The lowest BCUT2D eigenvalue weighted by atomic mass is 9.93. The second kappa shape index (κ2) is 9.52.